The molecule has 0 aliphatic rings. The van der Waals surface area contributed by atoms with Gasteiger partial charge in [-0.2, -0.15) is 0 Å². The van der Waals surface area contributed by atoms with Crippen LogP contribution < -0.4 is 0 Å². The van der Waals surface area contributed by atoms with E-state index in [0.29, 0.717) is 19.4 Å². The molecule has 0 bridgehead atoms. The van der Waals surface area contributed by atoms with Crippen LogP contribution in [0.2, 0.25) is 0 Å². The molecule has 0 radical (unpaired) electrons. The monoisotopic (exact) mass is 759 g/mol. The molecule has 0 saturated carbocycles. The lowest BCUT2D eigenvalue weighted by Crippen LogP contribution is -2.30. The molecule has 0 heterocycles. The molecule has 0 fully saturated rings. The van der Waals surface area contributed by atoms with E-state index in [-0.39, 0.29) is 25.2 Å². The third-order valence-corrected chi connectivity index (χ3v) is 10.2. The average molecular weight is 759 g/mol. The van der Waals surface area contributed by atoms with E-state index in [9.17, 15) is 9.59 Å². The minimum absolute atomic E-state index is 0.0849. The second-order valence-corrected chi connectivity index (χ2v) is 15.7. The van der Waals surface area contributed by atoms with Crippen molar-refractivity contribution < 1.29 is 23.8 Å². The summed E-state index contributed by atoms with van der Waals surface area (Å²) in [6, 6.07) is 0. The molecule has 0 aliphatic heterocycles. The summed E-state index contributed by atoms with van der Waals surface area (Å²) < 4.78 is 17.2. The fourth-order valence-electron chi connectivity index (χ4n) is 6.63. The van der Waals surface area contributed by atoms with Gasteiger partial charge in [-0.3, -0.25) is 9.59 Å². The molecule has 1 unspecified atom stereocenters. The van der Waals surface area contributed by atoms with Crippen LogP contribution in [0, 0.1) is 0 Å². The molecule has 0 amide bonds. The fourth-order valence-corrected chi connectivity index (χ4v) is 6.63. The van der Waals surface area contributed by atoms with Gasteiger partial charge in [-0.05, 0) is 57.8 Å². The van der Waals surface area contributed by atoms with Crippen LogP contribution in [0.3, 0.4) is 0 Å². The molecule has 0 aromatic heterocycles. The molecule has 0 rings (SSSR count). The Morgan fingerprint density at radius 2 is 0.778 bits per heavy atom. The standard InChI is InChI=1S/C49H90O5/c1-4-7-10-13-15-17-19-21-22-23-24-25-26-27-29-31-33-35-38-41-44-52-45-47(54-49(51)43-40-36-12-9-6-3)46-53-48(50)42-39-37-34-32-30-28-20-18-16-14-11-8-5-2/h15,17,21-22,24-25,47H,4-14,16,18-20,23,26-46H2,1-3H3/b17-15-,22-21-,25-24-. The minimum Gasteiger partial charge on any atom is -0.462 e. The topological polar surface area (TPSA) is 61.8 Å². The van der Waals surface area contributed by atoms with Gasteiger partial charge >= 0.3 is 11.9 Å². The Labute approximate surface area is 336 Å². The van der Waals surface area contributed by atoms with Crippen LogP contribution in [0.4, 0.5) is 0 Å². The molecule has 54 heavy (non-hydrogen) atoms. The van der Waals surface area contributed by atoms with Crippen molar-refractivity contribution in [1.82, 2.24) is 0 Å². The van der Waals surface area contributed by atoms with E-state index in [4.69, 9.17) is 14.2 Å². The zero-order valence-electron chi connectivity index (χ0n) is 36.2. The highest BCUT2D eigenvalue weighted by molar-refractivity contribution is 5.70. The van der Waals surface area contributed by atoms with Gasteiger partial charge in [0.1, 0.15) is 6.61 Å². The lowest BCUT2D eigenvalue weighted by molar-refractivity contribution is -0.163. The van der Waals surface area contributed by atoms with Gasteiger partial charge in [-0.1, -0.05) is 205 Å². The van der Waals surface area contributed by atoms with Crippen molar-refractivity contribution in [3.63, 3.8) is 0 Å². The predicted octanol–water partition coefficient (Wildman–Crippen LogP) is 15.4. The Balaban J connectivity index is 4.03. The molecular formula is C49H90O5. The maximum Gasteiger partial charge on any atom is 0.306 e. The summed E-state index contributed by atoms with van der Waals surface area (Å²) in [6.07, 6.45) is 53.1. The number of hydrogen-bond acceptors (Lipinski definition) is 5. The Hall–Kier alpha value is -1.88. The van der Waals surface area contributed by atoms with Crippen LogP contribution in [0.25, 0.3) is 0 Å². The molecule has 0 aromatic carbocycles. The van der Waals surface area contributed by atoms with Crippen LogP contribution in [0.5, 0.6) is 0 Å². The van der Waals surface area contributed by atoms with Crippen molar-refractivity contribution >= 4 is 11.9 Å². The van der Waals surface area contributed by atoms with Crippen LogP contribution in [-0.4, -0.2) is 37.9 Å². The zero-order valence-corrected chi connectivity index (χ0v) is 36.2. The Kier molecular flexibility index (Phi) is 43.9. The lowest BCUT2D eigenvalue weighted by Gasteiger charge is -2.18. The van der Waals surface area contributed by atoms with Gasteiger partial charge < -0.3 is 14.2 Å². The molecule has 5 heteroatoms. The highest BCUT2D eigenvalue weighted by atomic mass is 16.6. The summed E-state index contributed by atoms with van der Waals surface area (Å²) in [5.41, 5.74) is 0. The van der Waals surface area contributed by atoms with Crippen molar-refractivity contribution in [3.05, 3.63) is 36.5 Å². The third kappa shape index (κ3) is 42.9. The molecule has 0 spiro atoms. The first-order chi connectivity index (χ1) is 26.6. The van der Waals surface area contributed by atoms with E-state index in [1.54, 1.807) is 0 Å². The van der Waals surface area contributed by atoms with E-state index >= 15 is 0 Å². The van der Waals surface area contributed by atoms with Crippen LogP contribution in [0.15, 0.2) is 36.5 Å². The van der Waals surface area contributed by atoms with E-state index in [2.05, 4.69) is 57.2 Å². The summed E-state index contributed by atoms with van der Waals surface area (Å²) in [6.45, 7) is 7.73. The number of allylic oxidation sites excluding steroid dienone is 6. The van der Waals surface area contributed by atoms with E-state index < -0.39 is 6.10 Å². The number of rotatable bonds is 43. The van der Waals surface area contributed by atoms with Gasteiger partial charge in [0.15, 0.2) is 6.10 Å². The summed E-state index contributed by atoms with van der Waals surface area (Å²) in [7, 11) is 0. The van der Waals surface area contributed by atoms with Crippen molar-refractivity contribution in [3.8, 4) is 0 Å². The minimum atomic E-state index is -0.531. The van der Waals surface area contributed by atoms with E-state index in [1.165, 1.54) is 148 Å². The Bertz CT molecular complexity index is 862. The quantitative estimate of drug-likeness (QED) is 0.0352. The Morgan fingerprint density at radius 3 is 1.28 bits per heavy atom. The van der Waals surface area contributed by atoms with E-state index in [1.807, 2.05) is 0 Å². The summed E-state index contributed by atoms with van der Waals surface area (Å²) in [5.74, 6) is -0.407. The maximum atomic E-state index is 12.5. The first kappa shape index (κ1) is 52.1. The summed E-state index contributed by atoms with van der Waals surface area (Å²) in [5, 5.41) is 0. The maximum absolute atomic E-state index is 12.5. The first-order valence-electron chi connectivity index (χ1n) is 23.5. The molecule has 0 aliphatic carbocycles. The molecule has 0 saturated heterocycles. The second kappa shape index (κ2) is 45.5. The lowest BCUT2D eigenvalue weighted by atomic mass is 10.0. The molecule has 1 atom stereocenters. The van der Waals surface area contributed by atoms with Gasteiger partial charge in [0, 0.05) is 19.4 Å². The highest BCUT2D eigenvalue weighted by Crippen LogP contribution is 2.14. The average Bonchev–Trinajstić information content (AvgIpc) is 3.17. The van der Waals surface area contributed by atoms with Gasteiger partial charge in [0.2, 0.25) is 0 Å². The Morgan fingerprint density at radius 1 is 0.407 bits per heavy atom. The zero-order chi connectivity index (χ0) is 39.3. The molecule has 0 N–H and O–H groups in total. The summed E-state index contributed by atoms with van der Waals surface area (Å²) in [4.78, 5) is 25.0. The number of carbonyl (C=O) groups excluding carboxylic acids is 2. The number of ether oxygens (including phenoxy) is 3. The van der Waals surface area contributed by atoms with Gasteiger partial charge in [-0.15, -0.1) is 0 Å². The first-order valence-corrected chi connectivity index (χ1v) is 23.5. The molecule has 5 nitrogen and oxygen atoms in total. The molecular weight excluding hydrogens is 669 g/mol. The normalized spacial score (nSPS) is 12.4. The summed E-state index contributed by atoms with van der Waals surface area (Å²) >= 11 is 0. The fraction of sp³-hybridized carbons (Fsp3) is 0.837. The number of esters is 2. The van der Waals surface area contributed by atoms with Crippen molar-refractivity contribution in [2.75, 3.05) is 19.8 Å². The van der Waals surface area contributed by atoms with Crippen molar-refractivity contribution in [2.24, 2.45) is 0 Å². The number of unbranched alkanes of at least 4 members (excludes halogenated alkanes) is 26. The smallest absolute Gasteiger partial charge is 0.306 e. The number of hydrogen-bond donors (Lipinski definition) is 0. The van der Waals surface area contributed by atoms with Crippen LogP contribution in [0.1, 0.15) is 239 Å². The van der Waals surface area contributed by atoms with Gasteiger partial charge in [-0.25, -0.2) is 0 Å². The second-order valence-electron chi connectivity index (χ2n) is 15.7. The van der Waals surface area contributed by atoms with Crippen LogP contribution in [-0.2, 0) is 23.8 Å². The van der Waals surface area contributed by atoms with Crippen molar-refractivity contribution in [2.45, 2.75) is 245 Å². The molecule has 316 valence electrons. The van der Waals surface area contributed by atoms with Gasteiger partial charge in [0.25, 0.3) is 0 Å². The van der Waals surface area contributed by atoms with E-state index in [0.717, 1.165) is 57.8 Å². The van der Waals surface area contributed by atoms with Crippen LogP contribution >= 0.6 is 0 Å². The highest BCUT2D eigenvalue weighted by Gasteiger charge is 2.17. The largest absolute Gasteiger partial charge is 0.462 e. The molecule has 0 aromatic rings. The third-order valence-electron chi connectivity index (χ3n) is 10.2. The SMILES string of the molecule is CCCCC/C=C\C/C=C\C/C=C\CCCCCCCCCOCC(COC(=O)CCCCCCCCCCCCCCC)OC(=O)CCCCCCC. The van der Waals surface area contributed by atoms with Crippen molar-refractivity contribution in [1.29, 1.82) is 0 Å². The van der Waals surface area contributed by atoms with Gasteiger partial charge in [0.05, 0.1) is 6.61 Å². The number of carbonyl (C=O) groups is 2. The predicted molar refractivity (Wildman–Crippen MR) is 233 cm³/mol.